The molecular weight excluding hydrogens is 341 g/mol. The van der Waals surface area contributed by atoms with Crippen LogP contribution < -0.4 is 0 Å². The third-order valence-electron chi connectivity index (χ3n) is 3.08. The van der Waals surface area contributed by atoms with Crippen molar-refractivity contribution in [1.29, 1.82) is 0 Å². The summed E-state index contributed by atoms with van der Waals surface area (Å²) in [6, 6.07) is 1.23. The average Bonchev–Trinajstić information content (AvgIpc) is 2.30. The zero-order valence-electron chi connectivity index (χ0n) is 16.5. The molecule has 0 aromatic heterocycles. The molecule has 0 rings (SSSR count). The first-order valence-corrected chi connectivity index (χ1v) is 21.9. The Morgan fingerprint density at radius 3 is 1.86 bits per heavy atom. The van der Waals surface area contributed by atoms with Crippen LogP contribution in [0.15, 0.2) is 0 Å². The lowest BCUT2D eigenvalue weighted by atomic mass is 10.9. The van der Waals surface area contributed by atoms with Crippen LogP contribution in [-0.2, 0) is 13.9 Å². The van der Waals surface area contributed by atoms with E-state index < -0.39 is 33.3 Å². The van der Waals surface area contributed by atoms with E-state index >= 15 is 0 Å². The maximum atomic E-state index is 6.07. The van der Waals surface area contributed by atoms with Crippen molar-refractivity contribution in [3.8, 4) is 0 Å². The summed E-state index contributed by atoms with van der Waals surface area (Å²) < 4.78 is 17.9. The molecule has 0 bridgehead atoms. The summed E-state index contributed by atoms with van der Waals surface area (Å²) in [7, 11) is -4.55. The molecule has 0 saturated carbocycles. The highest BCUT2D eigenvalue weighted by Crippen LogP contribution is 2.10. The van der Waals surface area contributed by atoms with Crippen molar-refractivity contribution in [3.05, 3.63) is 0 Å². The van der Waals surface area contributed by atoms with Gasteiger partial charge >= 0.3 is 0 Å². The van der Waals surface area contributed by atoms with Gasteiger partial charge in [-0.05, 0) is 25.7 Å². The number of rotatable bonds is 12. The van der Waals surface area contributed by atoms with Gasteiger partial charge in [-0.3, -0.25) is 0 Å². The zero-order chi connectivity index (χ0) is 17.4. The third-order valence-corrected chi connectivity index (χ3v) is 9.39. The number of hydrogen-bond donors (Lipinski definition) is 0. The predicted molar refractivity (Wildman–Crippen MR) is 110 cm³/mol. The first-order chi connectivity index (χ1) is 9.81. The van der Waals surface area contributed by atoms with Crippen LogP contribution in [0, 0.1) is 0 Å². The molecule has 1 atom stereocenters. The third kappa shape index (κ3) is 15.6. The average molecular weight is 381 g/mol. The Kier molecular flexibility index (Phi) is 10.2. The lowest BCUT2D eigenvalue weighted by molar-refractivity contribution is 0.181. The molecule has 7 heteroatoms. The predicted octanol–water partition coefficient (Wildman–Crippen LogP) is 3.93. The van der Waals surface area contributed by atoms with E-state index in [2.05, 4.69) is 58.9 Å². The SMILES string of the molecule is C[SiH](CCOC[Si](C)(C)CO[Si](C)(C)C)COC[Si](C)(C)C. The Hall–Kier alpha value is 0.748. The molecule has 0 aliphatic heterocycles. The second kappa shape index (κ2) is 9.90. The molecular formula is C15H40O3Si4. The monoisotopic (exact) mass is 380 g/mol. The van der Waals surface area contributed by atoms with Crippen LogP contribution in [-0.4, -0.2) is 64.8 Å². The van der Waals surface area contributed by atoms with Crippen molar-refractivity contribution in [3.63, 3.8) is 0 Å². The quantitative estimate of drug-likeness (QED) is 0.379. The van der Waals surface area contributed by atoms with Crippen LogP contribution in [0.5, 0.6) is 0 Å². The highest BCUT2D eigenvalue weighted by molar-refractivity contribution is 6.79. The lowest BCUT2D eigenvalue weighted by Gasteiger charge is -2.27. The van der Waals surface area contributed by atoms with Crippen LogP contribution in [0.3, 0.4) is 0 Å². The Bertz CT molecular complexity index is 298. The maximum Gasteiger partial charge on any atom is 0.183 e. The van der Waals surface area contributed by atoms with Crippen molar-refractivity contribution in [2.45, 2.75) is 65.0 Å². The molecule has 1 unspecified atom stereocenters. The zero-order valence-corrected chi connectivity index (χ0v) is 20.7. The molecule has 0 heterocycles. The number of hydrogen-bond acceptors (Lipinski definition) is 3. The second-order valence-electron chi connectivity index (χ2n) is 9.59. The molecule has 0 aromatic carbocycles. The van der Waals surface area contributed by atoms with E-state index in [1.807, 2.05) is 0 Å². The molecule has 0 fully saturated rings. The van der Waals surface area contributed by atoms with Crippen molar-refractivity contribution in [1.82, 2.24) is 0 Å². The van der Waals surface area contributed by atoms with E-state index in [0.29, 0.717) is 0 Å². The van der Waals surface area contributed by atoms with Crippen LogP contribution in [0.2, 0.25) is 65.0 Å². The molecule has 0 saturated heterocycles. The van der Waals surface area contributed by atoms with E-state index in [1.54, 1.807) is 0 Å². The summed E-state index contributed by atoms with van der Waals surface area (Å²) in [6.07, 6.45) is 3.87. The molecule has 0 amide bonds. The molecule has 0 aliphatic rings. The molecule has 0 aromatic rings. The highest BCUT2D eigenvalue weighted by Gasteiger charge is 2.25. The standard InChI is InChI=1S/C15H40O3Si4/c1-19(12-17-13-20(2,3)4)11-10-16-14-22(8,9)15-18-21(5,6)7/h19H,10-15H2,1-9H3. The fourth-order valence-corrected chi connectivity index (χ4v) is 8.03. The minimum atomic E-state index is -1.39. The van der Waals surface area contributed by atoms with E-state index in [-0.39, 0.29) is 0 Å². The minimum Gasteiger partial charge on any atom is -0.421 e. The number of ether oxygens (including phenoxy) is 2. The lowest BCUT2D eigenvalue weighted by Crippen LogP contribution is -2.43. The maximum absolute atomic E-state index is 6.07. The van der Waals surface area contributed by atoms with Crippen LogP contribution in [0.4, 0.5) is 0 Å². The van der Waals surface area contributed by atoms with Gasteiger partial charge in [0.05, 0.1) is 16.9 Å². The van der Waals surface area contributed by atoms with E-state index in [9.17, 15) is 0 Å². The van der Waals surface area contributed by atoms with Crippen molar-refractivity contribution >= 4 is 33.3 Å². The largest absolute Gasteiger partial charge is 0.421 e. The molecule has 3 nitrogen and oxygen atoms in total. The topological polar surface area (TPSA) is 27.7 Å². The molecule has 134 valence electrons. The smallest absolute Gasteiger partial charge is 0.183 e. The molecule has 0 radical (unpaired) electrons. The van der Waals surface area contributed by atoms with Crippen molar-refractivity contribution < 1.29 is 13.9 Å². The highest BCUT2D eigenvalue weighted by atomic mass is 28.4. The van der Waals surface area contributed by atoms with Gasteiger partial charge in [0.15, 0.2) is 8.32 Å². The van der Waals surface area contributed by atoms with E-state index in [0.717, 1.165) is 31.5 Å². The Morgan fingerprint density at radius 2 is 1.36 bits per heavy atom. The first kappa shape index (κ1) is 22.7. The van der Waals surface area contributed by atoms with Crippen LogP contribution >= 0.6 is 0 Å². The van der Waals surface area contributed by atoms with Crippen molar-refractivity contribution in [2.24, 2.45) is 0 Å². The van der Waals surface area contributed by atoms with Crippen LogP contribution in [0.1, 0.15) is 0 Å². The fourth-order valence-electron chi connectivity index (χ4n) is 1.74. The van der Waals surface area contributed by atoms with Gasteiger partial charge in [-0.2, -0.15) is 0 Å². The normalized spacial score (nSPS) is 15.1. The Labute approximate surface area is 143 Å². The van der Waals surface area contributed by atoms with Gasteiger partial charge in [0.25, 0.3) is 0 Å². The van der Waals surface area contributed by atoms with Gasteiger partial charge in [0.1, 0.15) is 8.07 Å². The summed E-state index contributed by atoms with van der Waals surface area (Å²) in [6.45, 7) is 21.9. The summed E-state index contributed by atoms with van der Waals surface area (Å²) in [4.78, 5) is 0. The molecule has 0 spiro atoms. The van der Waals surface area contributed by atoms with Gasteiger partial charge in [0, 0.05) is 31.5 Å². The second-order valence-corrected chi connectivity index (χ2v) is 27.5. The molecule has 0 N–H and O–H groups in total. The Morgan fingerprint density at radius 1 is 0.773 bits per heavy atom. The first-order valence-electron chi connectivity index (χ1n) is 8.60. The van der Waals surface area contributed by atoms with Gasteiger partial charge in [-0.25, -0.2) is 0 Å². The summed E-state index contributed by atoms with van der Waals surface area (Å²) in [5.41, 5.74) is 0. The fraction of sp³-hybridized carbons (Fsp3) is 1.00. The van der Waals surface area contributed by atoms with Crippen LogP contribution in [0.25, 0.3) is 0 Å². The van der Waals surface area contributed by atoms with Crippen molar-refractivity contribution in [2.75, 3.05) is 31.5 Å². The van der Waals surface area contributed by atoms with Gasteiger partial charge in [0.2, 0.25) is 0 Å². The summed E-state index contributed by atoms with van der Waals surface area (Å²) in [5, 5.41) is 0. The van der Waals surface area contributed by atoms with Gasteiger partial charge < -0.3 is 13.9 Å². The Balaban J connectivity index is 3.73. The molecule has 0 aliphatic carbocycles. The molecule has 22 heavy (non-hydrogen) atoms. The van der Waals surface area contributed by atoms with Gasteiger partial charge in [-0.15, -0.1) is 0 Å². The van der Waals surface area contributed by atoms with Gasteiger partial charge in [-0.1, -0.05) is 39.3 Å². The van der Waals surface area contributed by atoms with E-state index in [1.165, 1.54) is 6.04 Å². The summed E-state index contributed by atoms with van der Waals surface area (Å²) in [5.74, 6) is 0. The summed E-state index contributed by atoms with van der Waals surface area (Å²) >= 11 is 0. The minimum absolute atomic E-state index is 0.755. The van der Waals surface area contributed by atoms with E-state index in [4.69, 9.17) is 13.9 Å².